The summed E-state index contributed by atoms with van der Waals surface area (Å²) in [5, 5.41) is 15.0. The number of nitrogens with zero attached hydrogens (tertiary/aromatic N) is 1. The van der Waals surface area contributed by atoms with Crippen LogP contribution in [0.25, 0.3) is 0 Å². The molecule has 2 aromatic carbocycles. The van der Waals surface area contributed by atoms with E-state index in [1.54, 1.807) is 12.1 Å². The van der Waals surface area contributed by atoms with Crippen LogP contribution < -0.4 is 15.5 Å². The lowest BCUT2D eigenvalue weighted by atomic mass is 10.1. The number of carbonyl (C=O) groups excluding carboxylic acids is 1. The number of morpholine rings is 1. The average Bonchev–Trinajstić information content (AvgIpc) is 2.56. The molecule has 6 heteroatoms. The molecule has 0 saturated carbocycles. The van der Waals surface area contributed by atoms with Crippen molar-refractivity contribution in [2.45, 2.75) is 26.1 Å². The summed E-state index contributed by atoms with van der Waals surface area (Å²) in [5.41, 5.74) is 2.34. The van der Waals surface area contributed by atoms with Gasteiger partial charge in [0.15, 0.2) is 0 Å². The zero-order valence-electron chi connectivity index (χ0n) is 14.4. The minimum absolute atomic E-state index is 0.141. The fraction of sp³-hybridized carbons (Fsp3) is 0.316. The molecular formula is C19H23N3O3. The van der Waals surface area contributed by atoms with E-state index in [1.165, 1.54) is 12.1 Å². The van der Waals surface area contributed by atoms with E-state index < -0.39 is 0 Å². The van der Waals surface area contributed by atoms with Crippen LogP contribution in [-0.2, 0) is 4.74 Å². The minimum Gasteiger partial charge on any atom is -0.508 e. The Kier molecular flexibility index (Phi) is 5.09. The van der Waals surface area contributed by atoms with E-state index in [4.69, 9.17) is 4.74 Å². The average molecular weight is 341 g/mol. The highest BCUT2D eigenvalue weighted by Gasteiger charge is 2.24. The Morgan fingerprint density at radius 2 is 1.68 bits per heavy atom. The summed E-state index contributed by atoms with van der Waals surface area (Å²) < 4.78 is 5.79. The fourth-order valence-electron chi connectivity index (χ4n) is 3.06. The molecule has 1 aliphatic heterocycles. The maximum absolute atomic E-state index is 12.3. The van der Waals surface area contributed by atoms with Crippen LogP contribution in [0.2, 0.25) is 0 Å². The third kappa shape index (κ3) is 4.42. The van der Waals surface area contributed by atoms with Crippen molar-refractivity contribution in [2.24, 2.45) is 0 Å². The second-order valence-electron chi connectivity index (χ2n) is 6.31. The maximum atomic E-state index is 12.3. The number of hydrogen-bond donors (Lipinski definition) is 3. The molecule has 0 bridgehead atoms. The van der Waals surface area contributed by atoms with E-state index in [1.807, 2.05) is 24.3 Å². The summed E-state index contributed by atoms with van der Waals surface area (Å²) in [5.74, 6) is 0.159. The third-order valence-corrected chi connectivity index (χ3v) is 4.04. The smallest absolute Gasteiger partial charge is 0.323 e. The van der Waals surface area contributed by atoms with E-state index in [2.05, 4.69) is 29.4 Å². The van der Waals surface area contributed by atoms with Crippen LogP contribution in [0.5, 0.6) is 5.75 Å². The minimum atomic E-state index is -0.326. The largest absolute Gasteiger partial charge is 0.508 e. The molecule has 0 unspecified atom stereocenters. The van der Waals surface area contributed by atoms with Gasteiger partial charge >= 0.3 is 6.03 Å². The molecule has 0 aromatic heterocycles. The molecule has 1 aliphatic rings. The van der Waals surface area contributed by atoms with Gasteiger partial charge in [0.25, 0.3) is 0 Å². The van der Waals surface area contributed by atoms with Gasteiger partial charge in [-0.25, -0.2) is 4.79 Å². The normalized spacial score (nSPS) is 20.2. The molecule has 2 aromatic rings. The first-order chi connectivity index (χ1) is 12.0. The quantitative estimate of drug-likeness (QED) is 0.745. The molecule has 2 amide bonds. The highest BCUT2D eigenvalue weighted by atomic mass is 16.5. The molecule has 1 saturated heterocycles. The first-order valence-electron chi connectivity index (χ1n) is 8.38. The molecule has 0 radical (unpaired) electrons. The number of phenols is 1. The second-order valence-corrected chi connectivity index (χ2v) is 6.31. The van der Waals surface area contributed by atoms with Gasteiger partial charge in [-0.15, -0.1) is 0 Å². The highest BCUT2D eigenvalue weighted by molar-refractivity contribution is 6.01. The predicted molar refractivity (Wildman–Crippen MR) is 99.4 cm³/mol. The monoisotopic (exact) mass is 341 g/mol. The Balaban J connectivity index is 1.72. The summed E-state index contributed by atoms with van der Waals surface area (Å²) in [4.78, 5) is 14.5. The number of carbonyl (C=O) groups is 1. The standard InChI is InChI=1S/C19H23N3O3/c1-13-11-22(12-14(2)25-13)18-6-4-3-5-17(18)21-19(24)20-15-7-9-16(23)10-8-15/h3-10,13-14,23H,11-12H2,1-2H3,(H2,20,21,24)/t13-,14-/m0/s1. The van der Waals surface area contributed by atoms with Crippen LogP contribution in [0.15, 0.2) is 48.5 Å². The van der Waals surface area contributed by atoms with Gasteiger partial charge in [0.1, 0.15) is 5.75 Å². The molecule has 1 fully saturated rings. The maximum Gasteiger partial charge on any atom is 0.323 e. The zero-order chi connectivity index (χ0) is 17.8. The molecule has 3 rings (SSSR count). The first-order valence-corrected chi connectivity index (χ1v) is 8.38. The fourth-order valence-corrected chi connectivity index (χ4v) is 3.06. The van der Waals surface area contributed by atoms with Crippen molar-refractivity contribution >= 4 is 23.1 Å². The van der Waals surface area contributed by atoms with Crippen LogP contribution in [0.4, 0.5) is 21.9 Å². The number of benzene rings is 2. The Labute approximate surface area is 147 Å². The summed E-state index contributed by atoms with van der Waals surface area (Å²) >= 11 is 0. The Morgan fingerprint density at radius 1 is 1.04 bits per heavy atom. The van der Waals surface area contributed by atoms with Crippen molar-refractivity contribution in [2.75, 3.05) is 28.6 Å². The Morgan fingerprint density at radius 3 is 2.36 bits per heavy atom. The van der Waals surface area contributed by atoms with Crippen LogP contribution in [-0.4, -0.2) is 36.4 Å². The second kappa shape index (κ2) is 7.44. The third-order valence-electron chi connectivity index (χ3n) is 4.04. The van der Waals surface area contributed by atoms with Gasteiger partial charge in [0.05, 0.1) is 23.6 Å². The van der Waals surface area contributed by atoms with Crippen molar-refractivity contribution in [1.29, 1.82) is 0 Å². The molecule has 132 valence electrons. The van der Waals surface area contributed by atoms with Gasteiger partial charge in [-0.1, -0.05) is 12.1 Å². The van der Waals surface area contributed by atoms with Gasteiger partial charge in [0.2, 0.25) is 0 Å². The number of phenolic OH excluding ortho intramolecular Hbond substituents is 1. The van der Waals surface area contributed by atoms with E-state index in [0.29, 0.717) is 5.69 Å². The Hall–Kier alpha value is -2.73. The van der Waals surface area contributed by atoms with Crippen molar-refractivity contribution in [1.82, 2.24) is 0 Å². The van der Waals surface area contributed by atoms with Gasteiger partial charge < -0.3 is 25.4 Å². The highest BCUT2D eigenvalue weighted by Crippen LogP contribution is 2.28. The topological polar surface area (TPSA) is 73.8 Å². The number of urea groups is 1. The number of amides is 2. The summed E-state index contributed by atoms with van der Waals surface area (Å²) in [7, 11) is 0. The van der Waals surface area contributed by atoms with Crippen LogP contribution in [0.3, 0.4) is 0 Å². The molecule has 3 N–H and O–H groups in total. The number of aromatic hydroxyl groups is 1. The van der Waals surface area contributed by atoms with Gasteiger partial charge in [-0.05, 0) is 50.2 Å². The molecular weight excluding hydrogens is 318 g/mol. The Bertz CT molecular complexity index is 723. The summed E-state index contributed by atoms with van der Waals surface area (Å²) in [6, 6.07) is 13.8. The molecule has 1 heterocycles. The number of ether oxygens (including phenoxy) is 1. The van der Waals surface area contributed by atoms with Gasteiger partial charge in [-0.3, -0.25) is 0 Å². The first kappa shape index (κ1) is 17.1. The van der Waals surface area contributed by atoms with Crippen molar-refractivity contribution in [3.8, 4) is 5.75 Å². The van der Waals surface area contributed by atoms with E-state index >= 15 is 0 Å². The van der Waals surface area contributed by atoms with Gasteiger partial charge in [-0.2, -0.15) is 0 Å². The van der Waals surface area contributed by atoms with Crippen molar-refractivity contribution in [3.05, 3.63) is 48.5 Å². The number of rotatable bonds is 3. The lowest BCUT2D eigenvalue weighted by molar-refractivity contribution is -0.00517. The van der Waals surface area contributed by atoms with E-state index in [-0.39, 0.29) is 24.0 Å². The van der Waals surface area contributed by atoms with Crippen molar-refractivity contribution < 1.29 is 14.6 Å². The number of nitrogens with one attached hydrogen (secondary N) is 2. The van der Waals surface area contributed by atoms with Crippen LogP contribution in [0.1, 0.15) is 13.8 Å². The van der Waals surface area contributed by atoms with Crippen LogP contribution >= 0.6 is 0 Å². The van der Waals surface area contributed by atoms with Crippen LogP contribution in [0, 0.1) is 0 Å². The molecule has 0 spiro atoms. The number of anilines is 3. The lowest BCUT2D eigenvalue weighted by Crippen LogP contribution is -2.45. The van der Waals surface area contributed by atoms with Gasteiger partial charge in [0, 0.05) is 18.8 Å². The van der Waals surface area contributed by atoms with E-state index in [9.17, 15) is 9.90 Å². The lowest BCUT2D eigenvalue weighted by Gasteiger charge is -2.37. The predicted octanol–water partition coefficient (Wildman–Crippen LogP) is 3.65. The summed E-state index contributed by atoms with van der Waals surface area (Å²) in [6.07, 6.45) is 0.283. The molecule has 2 atom stereocenters. The molecule has 6 nitrogen and oxygen atoms in total. The van der Waals surface area contributed by atoms with Crippen molar-refractivity contribution in [3.63, 3.8) is 0 Å². The summed E-state index contributed by atoms with van der Waals surface area (Å²) in [6.45, 7) is 5.66. The number of para-hydroxylation sites is 2. The molecule has 25 heavy (non-hydrogen) atoms. The zero-order valence-corrected chi connectivity index (χ0v) is 14.4. The molecule has 0 aliphatic carbocycles. The SMILES string of the molecule is C[C@H]1CN(c2ccccc2NC(=O)Nc2ccc(O)cc2)C[C@H](C)O1. The van der Waals surface area contributed by atoms with E-state index in [0.717, 1.165) is 24.5 Å². The number of hydrogen-bond acceptors (Lipinski definition) is 4.